The Kier molecular flexibility index (Phi) is 6.47. The van der Waals surface area contributed by atoms with E-state index in [1.54, 1.807) is 6.20 Å². The lowest BCUT2D eigenvalue weighted by Crippen LogP contribution is -2.60. The largest absolute Gasteiger partial charge is 0.392 e. The zero-order valence-corrected chi connectivity index (χ0v) is 16.6. The van der Waals surface area contributed by atoms with Crippen molar-refractivity contribution in [2.24, 2.45) is 5.41 Å². The quantitative estimate of drug-likeness (QED) is 0.636. The van der Waals surface area contributed by atoms with Crippen molar-refractivity contribution >= 4 is 11.7 Å². The van der Waals surface area contributed by atoms with Gasteiger partial charge in [0.15, 0.2) is 0 Å². The van der Waals surface area contributed by atoms with Gasteiger partial charge in [-0.2, -0.15) is 0 Å². The van der Waals surface area contributed by atoms with Gasteiger partial charge in [0.1, 0.15) is 11.6 Å². The van der Waals surface area contributed by atoms with Crippen LogP contribution in [-0.2, 0) is 4.79 Å². The summed E-state index contributed by atoms with van der Waals surface area (Å²) in [4.78, 5) is 25.7. The van der Waals surface area contributed by atoms with Gasteiger partial charge in [-0.1, -0.05) is 12.2 Å². The summed E-state index contributed by atoms with van der Waals surface area (Å²) in [5.74, 6) is 1.90. The highest BCUT2D eigenvalue weighted by Gasteiger charge is 2.46. The van der Waals surface area contributed by atoms with Gasteiger partial charge in [0.2, 0.25) is 5.91 Å². The Labute approximate surface area is 162 Å². The van der Waals surface area contributed by atoms with Crippen molar-refractivity contribution in [3.05, 3.63) is 30.2 Å². The predicted molar refractivity (Wildman–Crippen MR) is 107 cm³/mol. The van der Waals surface area contributed by atoms with Crippen molar-refractivity contribution in [1.29, 1.82) is 0 Å². The van der Waals surface area contributed by atoms with E-state index in [0.717, 1.165) is 57.0 Å². The summed E-state index contributed by atoms with van der Waals surface area (Å²) in [6, 6.07) is 1.94. The van der Waals surface area contributed by atoms with Crippen LogP contribution in [0.5, 0.6) is 0 Å². The van der Waals surface area contributed by atoms with Crippen molar-refractivity contribution in [1.82, 2.24) is 14.9 Å². The maximum atomic E-state index is 12.7. The lowest BCUT2D eigenvalue weighted by Gasteiger charge is -2.51. The van der Waals surface area contributed by atoms with Gasteiger partial charge in [0.05, 0.1) is 6.10 Å². The number of nitrogens with zero attached hydrogens (tertiary/aromatic N) is 4. The number of likely N-dealkylation sites (tertiary alicyclic amines) is 1. The van der Waals surface area contributed by atoms with E-state index in [1.807, 2.05) is 30.9 Å². The molecule has 1 aromatic rings. The zero-order chi connectivity index (χ0) is 19.3. The van der Waals surface area contributed by atoms with Crippen LogP contribution >= 0.6 is 0 Å². The molecular formula is C21H32N4O2. The lowest BCUT2D eigenvalue weighted by atomic mass is 9.71. The first-order valence-corrected chi connectivity index (χ1v) is 10.2. The summed E-state index contributed by atoms with van der Waals surface area (Å²) in [5, 5.41) is 10.8. The number of amides is 1. The molecule has 1 aromatic heterocycles. The first-order valence-electron chi connectivity index (χ1n) is 10.2. The van der Waals surface area contributed by atoms with Crippen LogP contribution in [-0.4, -0.2) is 58.2 Å². The molecule has 1 amide bonds. The zero-order valence-electron chi connectivity index (χ0n) is 16.6. The van der Waals surface area contributed by atoms with E-state index < -0.39 is 0 Å². The number of allylic oxidation sites excluding steroid dienone is 2. The van der Waals surface area contributed by atoms with E-state index in [1.165, 1.54) is 0 Å². The highest BCUT2D eigenvalue weighted by molar-refractivity contribution is 5.76. The van der Waals surface area contributed by atoms with Gasteiger partial charge in [0, 0.05) is 44.2 Å². The van der Waals surface area contributed by atoms with Crippen LogP contribution in [0.3, 0.4) is 0 Å². The molecule has 6 heteroatoms. The maximum absolute atomic E-state index is 12.7. The van der Waals surface area contributed by atoms with Crippen LogP contribution in [0.15, 0.2) is 24.4 Å². The number of aliphatic hydroxyl groups excluding tert-OH is 1. The van der Waals surface area contributed by atoms with Gasteiger partial charge >= 0.3 is 0 Å². The fourth-order valence-electron chi connectivity index (χ4n) is 4.43. The standard InChI is InChI=1S/C21H32N4O2/c1-3-4-5-6-8-20(27)25-13-7-11-21(16-25)15-24(14-10-18(21)26)19-9-12-22-17(2)23-19/h3-4,9,12,18,26H,5-8,10-11,13-16H2,1-2H3/b4-3+/t18-,21-/m1/s1. The summed E-state index contributed by atoms with van der Waals surface area (Å²) in [5.41, 5.74) is -0.256. The molecule has 0 saturated carbocycles. The molecule has 27 heavy (non-hydrogen) atoms. The molecule has 2 saturated heterocycles. The van der Waals surface area contributed by atoms with Crippen LogP contribution in [0.25, 0.3) is 0 Å². The first kappa shape index (κ1) is 19.8. The van der Waals surface area contributed by atoms with Gasteiger partial charge < -0.3 is 14.9 Å². The Balaban J connectivity index is 1.68. The normalized spacial score (nSPS) is 26.1. The van der Waals surface area contributed by atoms with Crippen LogP contribution in [0.4, 0.5) is 5.82 Å². The molecule has 0 bridgehead atoms. The highest BCUT2D eigenvalue weighted by atomic mass is 16.3. The first-order chi connectivity index (χ1) is 13.0. The van der Waals surface area contributed by atoms with Gasteiger partial charge in [-0.15, -0.1) is 0 Å². The van der Waals surface area contributed by atoms with Crippen molar-refractivity contribution in [3.63, 3.8) is 0 Å². The highest BCUT2D eigenvalue weighted by Crippen LogP contribution is 2.40. The Morgan fingerprint density at radius 1 is 1.41 bits per heavy atom. The minimum Gasteiger partial charge on any atom is -0.392 e. The minimum atomic E-state index is -0.365. The Morgan fingerprint density at radius 3 is 3.04 bits per heavy atom. The number of aliphatic hydroxyl groups is 1. The summed E-state index contributed by atoms with van der Waals surface area (Å²) >= 11 is 0. The predicted octanol–water partition coefficient (Wildman–Crippen LogP) is 2.71. The molecule has 2 atom stereocenters. The number of carbonyl (C=O) groups excluding carboxylic acids is 1. The second-order valence-corrected chi connectivity index (χ2v) is 7.93. The van der Waals surface area contributed by atoms with E-state index >= 15 is 0 Å². The van der Waals surface area contributed by atoms with Crippen LogP contribution in [0, 0.1) is 12.3 Å². The monoisotopic (exact) mass is 372 g/mol. The SMILES string of the molecule is C/C=C/CCCC(=O)N1CCC[C@]2(C1)CN(c1ccnc(C)n1)CC[C@H]2O. The second kappa shape index (κ2) is 8.83. The Bertz CT molecular complexity index is 678. The average Bonchev–Trinajstić information content (AvgIpc) is 2.67. The summed E-state index contributed by atoms with van der Waals surface area (Å²) in [6.45, 7) is 6.89. The van der Waals surface area contributed by atoms with Crippen LogP contribution in [0.1, 0.15) is 51.3 Å². The molecule has 6 nitrogen and oxygen atoms in total. The van der Waals surface area contributed by atoms with E-state index in [4.69, 9.17) is 0 Å². The number of hydrogen-bond acceptors (Lipinski definition) is 5. The number of hydrogen-bond donors (Lipinski definition) is 1. The molecule has 2 aliphatic rings. The number of unbranched alkanes of at least 4 members (excludes halogenated alkanes) is 1. The molecule has 1 spiro atoms. The number of piperidine rings is 2. The van der Waals surface area contributed by atoms with Gasteiger partial charge in [-0.05, 0) is 52.0 Å². The Hall–Kier alpha value is -1.95. The molecule has 1 N–H and O–H groups in total. The van der Waals surface area contributed by atoms with Crippen molar-refractivity contribution in [2.45, 2.75) is 58.5 Å². The smallest absolute Gasteiger partial charge is 0.222 e. The summed E-state index contributed by atoms with van der Waals surface area (Å²) < 4.78 is 0. The topological polar surface area (TPSA) is 69.6 Å². The van der Waals surface area contributed by atoms with Crippen molar-refractivity contribution in [2.75, 3.05) is 31.1 Å². The van der Waals surface area contributed by atoms with Gasteiger partial charge in [-0.3, -0.25) is 4.79 Å². The summed E-state index contributed by atoms with van der Waals surface area (Å²) in [6.07, 6.45) is 10.6. The van der Waals surface area contributed by atoms with Crippen molar-refractivity contribution in [3.8, 4) is 0 Å². The van der Waals surface area contributed by atoms with E-state index in [0.29, 0.717) is 19.4 Å². The van der Waals surface area contributed by atoms with Crippen molar-refractivity contribution < 1.29 is 9.90 Å². The molecule has 148 valence electrons. The molecule has 0 aliphatic carbocycles. The van der Waals surface area contributed by atoms with E-state index in [2.05, 4.69) is 20.9 Å². The molecular weight excluding hydrogens is 340 g/mol. The van der Waals surface area contributed by atoms with Crippen LogP contribution < -0.4 is 4.90 Å². The number of anilines is 1. The van der Waals surface area contributed by atoms with Crippen LogP contribution in [0.2, 0.25) is 0 Å². The third-order valence-electron chi connectivity index (χ3n) is 5.93. The lowest BCUT2D eigenvalue weighted by molar-refractivity contribution is -0.138. The third-order valence-corrected chi connectivity index (χ3v) is 5.93. The Morgan fingerprint density at radius 2 is 2.26 bits per heavy atom. The van der Waals surface area contributed by atoms with E-state index in [9.17, 15) is 9.90 Å². The number of carbonyl (C=O) groups is 1. The minimum absolute atomic E-state index is 0.223. The van der Waals surface area contributed by atoms with Gasteiger partial charge in [0.25, 0.3) is 0 Å². The van der Waals surface area contributed by atoms with Gasteiger partial charge in [-0.25, -0.2) is 9.97 Å². The fourth-order valence-corrected chi connectivity index (χ4v) is 4.43. The number of rotatable bonds is 5. The molecule has 0 radical (unpaired) electrons. The number of aromatic nitrogens is 2. The molecule has 2 fully saturated rings. The molecule has 3 heterocycles. The molecule has 0 unspecified atom stereocenters. The van der Waals surface area contributed by atoms with E-state index in [-0.39, 0.29) is 17.4 Å². The molecule has 2 aliphatic heterocycles. The average molecular weight is 373 g/mol. The second-order valence-electron chi connectivity index (χ2n) is 7.93. The molecule has 3 rings (SSSR count). The third kappa shape index (κ3) is 4.67. The molecule has 0 aromatic carbocycles. The fraction of sp³-hybridized carbons (Fsp3) is 0.667. The maximum Gasteiger partial charge on any atom is 0.222 e. The number of aryl methyl sites for hydroxylation is 1. The summed E-state index contributed by atoms with van der Waals surface area (Å²) in [7, 11) is 0.